The van der Waals surface area contributed by atoms with Crippen LogP contribution in [0.3, 0.4) is 0 Å². The van der Waals surface area contributed by atoms with Crippen LogP contribution in [0.4, 0.5) is 4.39 Å². The molecule has 1 aliphatic rings. The molecule has 1 aliphatic heterocycles. The van der Waals surface area contributed by atoms with Gasteiger partial charge in [-0.25, -0.2) is 9.18 Å². The number of H-pyrrole nitrogens is 1. The van der Waals surface area contributed by atoms with Crippen molar-refractivity contribution in [1.29, 1.82) is 0 Å². The zero-order valence-electron chi connectivity index (χ0n) is 9.47. The van der Waals surface area contributed by atoms with E-state index in [4.69, 9.17) is 4.74 Å². The molecule has 0 bridgehead atoms. The summed E-state index contributed by atoms with van der Waals surface area (Å²) in [5, 5.41) is 9.80. The number of aliphatic hydroxyl groups excluding tert-OH is 1. The number of aromatic nitrogens is 2. The van der Waals surface area contributed by atoms with Crippen LogP contribution in [0.15, 0.2) is 21.9 Å². The molecule has 0 radical (unpaired) electrons. The van der Waals surface area contributed by atoms with Crippen LogP contribution in [0, 0.1) is 0 Å². The van der Waals surface area contributed by atoms with Gasteiger partial charge in [-0.05, 0) is 6.92 Å². The number of ether oxygens (including phenoxy) is 1. The fourth-order valence-electron chi connectivity index (χ4n) is 1.95. The van der Waals surface area contributed by atoms with Crippen molar-refractivity contribution in [2.75, 3.05) is 4.43 Å². The first-order chi connectivity index (χ1) is 8.37. The molecular formula is C10H12FIN2O4. The van der Waals surface area contributed by atoms with Crippen LogP contribution in [0.1, 0.15) is 13.2 Å². The number of nitrogens with zero attached hydrogens (tertiary/aromatic N) is 1. The van der Waals surface area contributed by atoms with E-state index >= 15 is 0 Å². The largest absolute Gasteiger partial charge is 0.387 e. The standard InChI is InChI=1S/C10H12FIN2O4/c1-10(11)7(16)5(4-12)18-8(10)14-3-2-6(15)13-9(14)17/h2-3,5,7-8,16H,4H2,1H3,(H,13,15,17)/t5-,7-,8?,10-/m1/s1. The molecule has 1 fully saturated rings. The summed E-state index contributed by atoms with van der Waals surface area (Å²) in [6, 6.07) is 1.10. The highest BCUT2D eigenvalue weighted by molar-refractivity contribution is 14.1. The highest BCUT2D eigenvalue weighted by atomic mass is 127. The van der Waals surface area contributed by atoms with E-state index in [1.807, 2.05) is 27.6 Å². The quantitative estimate of drug-likeness (QED) is 0.565. The Hall–Kier alpha value is -0.740. The molecule has 2 heterocycles. The second-order valence-corrected chi connectivity index (χ2v) is 5.18. The predicted octanol–water partition coefficient (Wildman–Crippen LogP) is -0.0419. The average Bonchev–Trinajstić information content (AvgIpc) is 2.52. The highest BCUT2D eigenvalue weighted by Crippen LogP contribution is 2.40. The molecule has 0 amide bonds. The lowest BCUT2D eigenvalue weighted by molar-refractivity contribution is -0.0465. The van der Waals surface area contributed by atoms with E-state index < -0.39 is 35.4 Å². The first-order valence-corrected chi connectivity index (χ1v) is 6.80. The average molecular weight is 370 g/mol. The minimum atomic E-state index is -2.10. The Kier molecular flexibility index (Phi) is 3.60. The van der Waals surface area contributed by atoms with Crippen LogP contribution in [0.2, 0.25) is 0 Å². The van der Waals surface area contributed by atoms with Gasteiger partial charge in [0.1, 0.15) is 6.10 Å². The molecule has 0 aromatic carbocycles. The summed E-state index contributed by atoms with van der Waals surface area (Å²) in [5.74, 6) is 0. The van der Waals surface area contributed by atoms with Crippen LogP contribution < -0.4 is 11.2 Å². The Morgan fingerprint density at radius 2 is 2.33 bits per heavy atom. The third-order valence-electron chi connectivity index (χ3n) is 2.97. The lowest BCUT2D eigenvalue weighted by Gasteiger charge is -2.24. The lowest BCUT2D eigenvalue weighted by atomic mass is 9.99. The summed E-state index contributed by atoms with van der Waals surface area (Å²) in [6.45, 7) is 1.17. The zero-order chi connectivity index (χ0) is 13.5. The molecule has 0 spiro atoms. The Labute approximate surface area is 115 Å². The van der Waals surface area contributed by atoms with Crippen molar-refractivity contribution in [3.8, 4) is 0 Å². The number of hydrogen-bond acceptors (Lipinski definition) is 4. The fraction of sp³-hybridized carbons (Fsp3) is 0.600. The maximum atomic E-state index is 14.4. The van der Waals surface area contributed by atoms with E-state index in [9.17, 15) is 19.1 Å². The van der Waals surface area contributed by atoms with Crippen molar-refractivity contribution in [2.24, 2.45) is 0 Å². The number of nitrogens with one attached hydrogen (secondary N) is 1. The summed E-state index contributed by atoms with van der Waals surface area (Å²) in [6.07, 6.45) is -2.11. The van der Waals surface area contributed by atoms with Gasteiger partial charge in [0.25, 0.3) is 5.56 Å². The van der Waals surface area contributed by atoms with Gasteiger partial charge in [-0.3, -0.25) is 14.3 Å². The van der Waals surface area contributed by atoms with Crippen LogP contribution in [-0.4, -0.2) is 37.0 Å². The minimum Gasteiger partial charge on any atom is -0.387 e. The number of hydrogen-bond donors (Lipinski definition) is 2. The first kappa shape index (κ1) is 13.7. The molecule has 1 unspecified atom stereocenters. The molecular weight excluding hydrogens is 358 g/mol. The number of aliphatic hydroxyl groups is 1. The SMILES string of the molecule is C[C@]1(F)C(n2ccc(=O)[nH]c2=O)O[C@H](CI)[C@H]1O. The van der Waals surface area contributed by atoms with E-state index in [0.717, 1.165) is 16.8 Å². The number of halogens is 2. The van der Waals surface area contributed by atoms with Crippen molar-refractivity contribution in [3.63, 3.8) is 0 Å². The van der Waals surface area contributed by atoms with Gasteiger partial charge < -0.3 is 9.84 Å². The number of rotatable bonds is 2. The summed E-state index contributed by atoms with van der Waals surface area (Å²) in [4.78, 5) is 24.6. The molecule has 100 valence electrons. The topological polar surface area (TPSA) is 84.3 Å². The molecule has 1 saturated heterocycles. The summed E-state index contributed by atoms with van der Waals surface area (Å²) >= 11 is 1.97. The van der Waals surface area contributed by atoms with Gasteiger partial charge in [-0.2, -0.15) is 0 Å². The maximum Gasteiger partial charge on any atom is 0.330 e. The molecule has 1 aromatic heterocycles. The maximum absolute atomic E-state index is 14.4. The molecule has 1 aromatic rings. The minimum absolute atomic E-state index is 0.396. The van der Waals surface area contributed by atoms with Crippen LogP contribution in [0.5, 0.6) is 0 Å². The van der Waals surface area contributed by atoms with Crippen molar-refractivity contribution < 1.29 is 14.2 Å². The normalized spacial score (nSPS) is 35.9. The van der Waals surface area contributed by atoms with E-state index in [2.05, 4.69) is 0 Å². The molecule has 2 N–H and O–H groups in total. The van der Waals surface area contributed by atoms with Gasteiger partial charge in [-0.15, -0.1) is 0 Å². The smallest absolute Gasteiger partial charge is 0.330 e. The molecule has 0 aliphatic carbocycles. The third kappa shape index (κ3) is 2.12. The first-order valence-electron chi connectivity index (χ1n) is 5.28. The lowest BCUT2D eigenvalue weighted by Crippen LogP contribution is -2.43. The van der Waals surface area contributed by atoms with Crippen molar-refractivity contribution in [3.05, 3.63) is 33.1 Å². The Morgan fingerprint density at radius 3 is 2.83 bits per heavy atom. The van der Waals surface area contributed by atoms with Gasteiger partial charge in [-0.1, -0.05) is 22.6 Å². The molecule has 18 heavy (non-hydrogen) atoms. The monoisotopic (exact) mass is 370 g/mol. The molecule has 0 saturated carbocycles. The zero-order valence-corrected chi connectivity index (χ0v) is 11.6. The summed E-state index contributed by atoms with van der Waals surface area (Å²) in [7, 11) is 0. The predicted molar refractivity (Wildman–Crippen MR) is 69.6 cm³/mol. The van der Waals surface area contributed by atoms with Crippen molar-refractivity contribution in [1.82, 2.24) is 9.55 Å². The van der Waals surface area contributed by atoms with E-state index in [1.54, 1.807) is 0 Å². The van der Waals surface area contributed by atoms with Gasteiger partial charge in [0.2, 0.25) is 0 Å². The van der Waals surface area contributed by atoms with Gasteiger partial charge >= 0.3 is 5.69 Å². The van der Waals surface area contributed by atoms with Crippen LogP contribution in [-0.2, 0) is 4.74 Å². The van der Waals surface area contributed by atoms with Crippen LogP contribution >= 0.6 is 22.6 Å². The number of alkyl halides is 2. The third-order valence-corrected chi connectivity index (χ3v) is 3.84. The van der Waals surface area contributed by atoms with Gasteiger partial charge in [0, 0.05) is 16.7 Å². The van der Waals surface area contributed by atoms with Gasteiger partial charge in [0.15, 0.2) is 11.9 Å². The second kappa shape index (κ2) is 4.74. The Balaban J connectivity index is 2.45. The van der Waals surface area contributed by atoms with Crippen molar-refractivity contribution >= 4 is 22.6 Å². The second-order valence-electron chi connectivity index (χ2n) is 4.29. The fourth-order valence-corrected chi connectivity index (χ4v) is 2.64. The Morgan fingerprint density at radius 1 is 1.67 bits per heavy atom. The number of aromatic amines is 1. The Bertz CT molecular complexity index is 555. The molecule has 2 rings (SSSR count). The highest BCUT2D eigenvalue weighted by Gasteiger charge is 2.54. The summed E-state index contributed by atoms with van der Waals surface area (Å²) in [5.41, 5.74) is -3.43. The van der Waals surface area contributed by atoms with Crippen LogP contribution in [0.25, 0.3) is 0 Å². The summed E-state index contributed by atoms with van der Waals surface area (Å²) < 4.78 is 21.1. The van der Waals surface area contributed by atoms with E-state index in [1.165, 1.54) is 6.92 Å². The van der Waals surface area contributed by atoms with E-state index in [-0.39, 0.29) is 0 Å². The molecule has 6 nitrogen and oxygen atoms in total. The van der Waals surface area contributed by atoms with Crippen molar-refractivity contribution in [2.45, 2.75) is 31.0 Å². The molecule has 8 heteroatoms. The van der Waals surface area contributed by atoms with E-state index in [0.29, 0.717) is 4.43 Å². The molecule has 4 atom stereocenters. The van der Waals surface area contributed by atoms with Gasteiger partial charge in [0.05, 0.1) is 6.10 Å².